The van der Waals surface area contributed by atoms with Crippen molar-refractivity contribution in [2.45, 2.75) is 42.9 Å². The average Bonchev–Trinajstić information content (AvgIpc) is 3.37. The summed E-state index contributed by atoms with van der Waals surface area (Å²) in [4.78, 5) is 20.0. The largest absolute Gasteiger partial charge is 0.516 e. The fourth-order valence-electron chi connectivity index (χ4n) is 5.03. The third-order valence-corrected chi connectivity index (χ3v) is 9.23. The van der Waals surface area contributed by atoms with E-state index in [4.69, 9.17) is 0 Å². The van der Waals surface area contributed by atoms with Gasteiger partial charge in [-0.2, -0.15) is 21.6 Å². The lowest BCUT2D eigenvalue weighted by Crippen LogP contribution is -2.40. The maximum absolute atomic E-state index is 13.1. The van der Waals surface area contributed by atoms with E-state index < -0.39 is 15.5 Å². The molecule has 0 spiro atoms. The summed E-state index contributed by atoms with van der Waals surface area (Å²) in [6.45, 7) is 3.61. The van der Waals surface area contributed by atoms with Crippen molar-refractivity contribution in [3.8, 4) is 0 Å². The minimum atomic E-state index is -5.44. The van der Waals surface area contributed by atoms with E-state index in [9.17, 15) is 21.6 Å². The van der Waals surface area contributed by atoms with Gasteiger partial charge < -0.3 is 15.5 Å². The van der Waals surface area contributed by atoms with Gasteiger partial charge in [-0.1, -0.05) is 11.8 Å². The maximum Gasteiger partial charge on any atom is 0.516 e. The normalized spacial score (nSPS) is 17.0. The Kier molecular flexibility index (Phi) is 7.95. The average molecular weight is 595 g/mol. The molecule has 1 unspecified atom stereocenters. The van der Waals surface area contributed by atoms with Crippen LogP contribution in [0.4, 0.5) is 42.1 Å². The minimum Gasteiger partial charge on any atom is -0.367 e. The molecular formula is C25H29F3N8O2S2. The number of piperidine rings is 1. The highest BCUT2D eigenvalue weighted by molar-refractivity contribution is 7.98. The molecule has 0 radical (unpaired) electrons. The van der Waals surface area contributed by atoms with E-state index in [0.717, 1.165) is 31.9 Å². The van der Waals surface area contributed by atoms with Crippen molar-refractivity contribution in [1.82, 2.24) is 19.9 Å². The summed E-state index contributed by atoms with van der Waals surface area (Å²) in [7, 11) is -5.44. The molecule has 2 N–H and O–H groups in total. The Hall–Kier alpha value is -3.33. The van der Waals surface area contributed by atoms with Crippen LogP contribution in [-0.2, 0) is 16.4 Å². The Morgan fingerprint density at radius 2 is 1.75 bits per heavy atom. The van der Waals surface area contributed by atoms with Crippen LogP contribution in [0.15, 0.2) is 47.9 Å². The molecule has 4 heterocycles. The highest BCUT2D eigenvalue weighted by Gasteiger charge is 2.51. The summed E-state index contributed by atoms with van der Waals surface area (Å²) in [6, 6.07) is 8.33. The van der Waals surface area contributed by atoms with Gasteiger partial charge in [0.1, 0.15) is 11.6 Å². The molecule has 1 fully saturated rings. The topological polar surface area (TPSA) is 116 Å². The number of rotatable bonds is 8. The molecule has 3 aromatic rings. The Labute approximate surface area is 234 Å². The first-order chi connectivity index (χ1) is 19.0. The number of halogens is 3. The molecule has 1 atom stereocenters. The molecule has 1 saturated heterocycles. The Balaban J connectivity index is 1.26. The fourth-order valence-corrected chi connectivity index (χ4v) is 6.43. The predicted molar refractivity (Wildman–Crippen MR) is 150 cm³/mol. The van der Waals surface area contributed by atoms with Crippen molar-refractivity contribution >= 4 is 50.7 Å². The van der Waals surface area contributed by atoms with Crippen LogP contribution >= 0.6 is 11.8 Å². The molecule has 1 aromatic carbocycles. The summed E-state index contributed by atoms with van der Waals surface area (Å²) < 4.78 is 63.5. The third kappa shape index (κ3) is 5.89. The SMILES string of the molecule is CSc1nc(Nc2ccc3c(c2)CCN3S(=O)(=O)C(F)(F)F)cc(NC(C)C2CCN(c3ncccn3)CC2)n1. The van der Waals surface area contributed by atoms with Gasteiger partial charge in [0.2, 0.25) is 5.95 Å². The Morgan fingerprint density at radius 3 is 2.42 bits per heavy atom. The van der Waals surface area contributed by atoms with Gasteiger partial charge in [-0.3, -0.25) is 4.31 Å². The molecular weight excluding hydrogens is 565 g/mol. The highest BCUT2D eigenvalue weighted by atomic mass is 32.2. The monoisotopic (exact) mass is 594 g/mol. The molecule has 5 rings (SSSR count). The second-order valence-electron chi connectivity index (χ2n) is 9.67. The number of thioether (sulfide) groups is 1. The number of benzene rings is 1. The van der Waals surface area contributed by atoms with Gasteiger partial charge in [0.05, 0.1) is 5.69 Å². The Morgan fingerprint density at radius 1 is 1.05 bits per heavy atom. The van der Waals surface area contributed by atoms with E-state index in [-0.39, 0.29) is 24.7 Å². The van der Waals surface area contributed by atoms with E-state index in [0.29, 0.717) is 38.3 Å². The first kappa shape index (κ1) is 28.2. The van der Waals surface area contributed by atoms with Gasteiger partial charge >= 0.3 is 15.5 Å². The van der Waals surface area contributed by atoms with E-state index in [1.807, 2.05) is 6.26 Å². The van der Waals surface area contributed by atoms with Crippen molar-refractivity contribution < 1.29 is 21.6 Å². The lowest BCUT2D eigenvalue weighted by Gasteiger charge is -2.35. The summed E-state index contributed by atoms with van der Waals surface area (Å²) in [5, 5.41) is 7.26. The van der Waals surface area contributed by atoms with Gasteiger partial charge in [0, 0.05) is 49.8 Å². The number of nitrogens with one attached hydrogen (secondary N) is 2. The first-order valence-electron chi connectivity index (χ1n) is 12.8. The second kappa shape index (κ2) is 11.3. The van der Waals surface area contributed by atoms with Crippen LogP contribution in [-0.4, -0.2) is 65.8 Å². The summed E-state index contributed by atoms with van der Waals surface area (Å²) in [5.41, 5.74) is -4.22. The van der Waals surface area contributed by atoms with E-state index >= 15 is 0 Å². The van der Waals surface area contributed by atoms with Crippen LogP contribution in [0.5, 0.6) is 0 Å². The summed E-state index contributed by atoms with van der Waals surface area (Å²) in [6.07, 6.45) is 7.51. The molecule has 2 aromatic heterocycles. The van der Waals surface area contributed by atoms with Crippen LogP contribution in [0.1, 0.15) is 25.3 Å². The fraction of sp³-hybridized carbons (Fsp3) is 0.440. The van der Waals surface area contributed by atoms with Gasteiger partial charge in [0.15, 0.2) is 5.16 Å². The number of alkyl halides is 3. The molecule has 2 aliphatic rings. The van der Waals surface area contributed by atoms with Crippen molar-refractivity contribution in [2.24, 2.45) is 5.92 Å². The molecule has 214 valence electrons. The number of anilines is 5. The minimum absolute atomic E-state index is 0.0384. The van der Waals surface area contributed by atoms with Crippen LogP contribution < -0.4 is 19.8 Å². The third-order valence-electron chi connectivity index (χ3n) is 7.13. The van der Waals surface area contributed by atoms with Crippen molar-refractivity contribution in [1.29, 1.82) is 0 Å². The molecule has 40 heavy (non-hydrogen) atoms. The van der Waals surface area contributed by atoms with Gasteiger partial charge in [-0.05, 0) is 68.2 Å². The van der Waals surface area contributed by atoms with E-state index in [1.54, 1.807) is 36.7 Å². The molecule has 10 nitrogen and oxygen atoms in total. The number of sulfonamides is 1. The van der Waals surface area contributed by atoms with Gasteiger partial charge in [-0.15, -0.1) is 0 Å². The van der Waals surface area contributed by atoms with Crippen molar-refractivity contribution in [2.75, 3.05) is 45.7 Å². The molecule has 0 saturated carbocycles. The van der Waals surface area contributed by atoms with Gasteiger partial charge in [-0.25, -0.2) is 19.9 Å². The quantitative estimate of drug-likeness (QED) is 0.282. The number of hydrogen-bond acceptors (Lipinski definition) is 10. The zero-order chi connectivity index (χ0) is 28.5. The van der Waals surface area contributed by atoms with E-state index in [2.05, 4.69) is 42.4 Å². The number of fused-ring (bicyclic) bond motifs is 1. The highest BCUT2D eigenvalue weighted by Crippen LogP contribution is 2.38. The first-order valence-corrected chi connectivity index (χ1v) is 15.4. The van der Waals surface area contributed by atoms with E-state index in [1.165, 1.54) is 17.8 Å². The summed E-state index contributed by atoms with van der Waals surface area (Å²) in [5.74, 6) is 2.35. The standard InChI is InChI=1S/C25H29F3N8O2S2/c1-16(17-6-11-35(12-7-17)23-29-9-3-10-30-23)31-21-15-22(34-24(33-21)39-2)32-19-4-5-20-18(14-19)8-13-36(20)40(37,38)25(26,27)28/h3-5,9-10,14-17H,6-8,11-13H2,1-2H3,(H2,31,32,33,34). The number of aromatic nitrogens is 4. The molecule has 0 bridgehead atoms. The molecule has 2 aliphatic heterocycles. The second-order valence-corrected chi connectivity index (χ2v) is 12.3. The number of hydrogen-bond donors (Lipinski definition) is 2. The smallest absolute Gasteiger partial charge is 0.367 e. The van der Waals surface area contributed by atoms with Crippen LogP contribution in [0.2, 0.25) is 0 Å². The van der Waals surface area contributed by atoms with Crippen LogP contribution in [0, 0.1) is 5.92 Å². The summed E-state index contributed by atoms with van der Waals surface area (Å²) >= 11 is 1.39. The van der Waals surface area contributed by atoms with Crippen LogP contribution in [0.3, 0.4) is 0 Å². The predicted octanol–water partition coefficient (Wildman–Crippen LogP) is 4.66. The molecule has 15 heteroatoms. The van der Waals surface area contributed by atoms with Crippen molar-refractivity contribution in [3.05, 3.63) is 48.3 Å². The molecule has 0 aliphatic carbocycles. The zero-order valence-corrected chi connectivity index (χ0v) is 23.5. The van der Waals surface area contributed by atoms with Gasteiger partial charge in [0.25, 0.3) is 0 Å². The number of nitrogens with zero attached hydrogens (tertiary/aromatic N) is 6. The molecule has 0 amide bonds. The Bertz CT molecular complexity index is 1450. The van der Waals surface area contributed by atoms with Crippen molar-refractivity contribution in [3.63, 3.8) is 0 Å². The van der Waals surface area contributed by atoms with Crippen LogP contribution in [0.25, 0.3) is 0 Å². The zero-order valence-electron chi connectivity index (χ0n) is 21.9. The lowest BCUT2D eigenvalue weighted by atomic mass is 9.90. The lowest BCUT2D eigenvalue weighted by molar-refractivity contribution is -0.0437. The maximum atomic E-state index is 13.1.